The van der Waals surface area contributed by atoms with Gasteiger partial charge in [-0.2, -0.15) is 0 Å². The average molecular weight is 332 g/mol. The molecule has 0 saturated heterocycles. The second-order valence-electron chi connectivity index (χ2n) is 5.14. The van der Waals surface area contributed by atoms with E-state index in [-0.39, 0.29) is 11.9 Å². The Balaban J connectivity index is 1.75. The molecule has 114 valence electrons. The van der Waals surface area contributed by atoms with E-state index in [1.165, 1.54) is 10.9 Å². The molecule has 2 nitrogen and oxygen atoms in total. The van der Waals surface area contributed by atoms with E-state index in [1.54, 1.807) is 28.7 Å². The molecule has 1 unspecified atom stereocenters. The van der Waals surface area contributed by atoms with Crippen LogP contribution in [0.15, 0.2) is 47.2 Å². The molecule has 0 aliphatic rings. The molecule has 0 aliphatic carbocycles. The summed E-state index contributed by atoms with van der Waals surface area (Å²) < 4.78 is 13.8. The van der Waals surface area contributed by atoms with Gasteiger partial charge in [0, 0.05) is 34.5 Å². The van der Waals surface area contributed by atoms with Crippen molar-refractivity contribution in [1.82, 2.24) is 10.3 Å². The first-order valence-corrected chi connectivity index (χ1v) is 8.89. The minimum atomic E-state index is -0.166. The number of nitrogens with zero attached hydrogens (tertiary/aromatic N) is 1. The number of thiazole rings is 1. The fourth-order valence-electron chi connectivity index (χ4n) is 2.28. The molecule has 0 bridgehead atoms. The van der Waals surface area contributed by atoms with Crippen LogP contribution in [-0.2, 0) is 13.0 Å². The van der Waals surface area contributed by atoms with Gasteiger partial charge in [-0.1, -0.05) is 24.3 Å². The highest BCUT2D eigenvalue weighted by molar-refractivity contribution is 7.10. The van der Waals surface area contributed by atoms with Crippen LogP contribution in [0.1, 0.15) is 27.2 Å². The van der Waals surface area contributed by atoms with Crippen LogP contribution in [0.25, 0.3) is 0 Å². The van der Waals surface area contributed by atoms with Crippen molar-refractivity contribution in [3.05, 3.63) is 74.1 Å². The van der Waals surface area contributed by atoms with Crippen LogP contribution < -0.4 is 5.32 Å². The highest BCUT2D eigenvalue weighted by Gasteiger charge is 2.16. The molecule has 0 fully saturated rings. The molecular formula is C17H17FN2S2. The number of aromatic nitrogens is 1. The molecule has 22 heavy (non-hydrogen) atoms. The van der Waals surface area contributed by atoms with Crippen molar-refractivity contribution in [3.8, 4) is 0 Å². The zero-order valence-corrected chi connectivity index (χ0v) is 13.9. The molecule has 3 aromatic rings. The van der Waals surface area contributed by atoms with Crippen LogP contribution in [0.3, 0.4) is 0 Å². The lowest BCUT2D eigenvalue weighted by Gasteiger charge is -2.16. The summed E-state index contributed by atoms with van der Waals surface area (Å²) in [5.41, 5.74) is 1.72. The lowest BCUT2D eigenvalue weighted by molar-refractivity contribution is 0.513. The fourth-order valence-corrected chi connectivity index (χ4v) is 3.91. The maximum absolute atomic E-state index is 13.8. The van der Waals surface area contributed by atoms with Crippen molar-refractivity contribution >= 4 is 22.7 Å². The zero-order chi connectivity index (χ0) is 15.4. The smallest absolute Gasteiger partial charge is 0.127 e. The summed E-state index contributed by atoms with van der Waals surface area (Å²) in [5, 5.41) is 8.65. The molecule has 1 atom stereocenters. The molecule has 0 amide bonds. The first-order valence-electron chi connectivity index (χ1n) is 7.13. The third-order valence-corrected chi connectivity index (χ3v) is 5.39. The lowest BCUT2D eigenvalue weighted by Crippen LogP contribution is -2.23. The molecular weight excluding hydrogens is 315 g/mol. The summed E-state index contributed by atoms with van der Waals surface area (Å²) in [6, 6.07) is 11.2. The van der Waals surface area contributed by atoms with Gasteiger partial charge in [-0.15, -0.1) is 22.7 Å². The van der Waals surface area contributed by atoms with Gasteiger partial charge in [-0.05, 0) is 24.4 Å². The first-order chi connectivity index (χ1) is 10.7. The molecule has 0 radical (unpaired) electrons. The molecule has 2 heterocycles. The van der Waals surface area contributed by atoms with E-state index in [2.05, 4.69) is 33.2 Å². The van der Waals surface area contributed by atoms with E-state index < -0.39 is 0 Å². The second kappa shape index (κ2) is 7.13. The predicted molar refractivity (Wildman–Crippen MR) is 90.9 cm³/mol. The summed E-state index contributed by atoms with van der Waals surface area (Å²) in [6.07, 6.45) is 0.874. The fraction of sp³-hybridized carbons (Fsp3) is 0.235. The molecule has 1 aromatic carbocycles. The average Bonchev–Trinajstić information content (AvgIpc) is 3.16. The van der Waals surface area contributed by atoms with Gasteiger partial charge in [-0.25, -0.2) is 9.37 Å². The quantitative estimate of drug-likeness (QED) is 0.706. The van der Waals surface area contributed by atoms with Gasteiger partial charge >= 0.3 is 0 Å². The number of nitrogens with one attached hydrogen (secondary N) is 1. The topological polar surface area (TPSA) is 24.9 Å². The summed E-state index contributed by atoms with van der Waals surface area (Å²) >= 11 is 3.40. The van der Waals surface area contributed by atoms with E-state index in [0.29, 0.717) is 12.1 Å². The first kappa shape index (κ1) is 15.3. The van der Waals surface area contributed by atoms with Crippen LogP contribution in [-0.4, -0.2) is 4.98 Å². The number of thiophene rings is 1. The number of halogens is 1. The highest BCUT2D eigenvalue weighted by Crippen LogP contribution is 2.24. The van der Waals surface area contributed by atoms with Crippen LogP contribution in [0.4, 0.5) is 4.39 Å². The number of hydrogen-bond donors (Lipinski definition) is 1. The standard InChI is InChI=1S/C17H17FN2S2/c1-12-11-22-17(20-12)16(9-14-6-4-8-21-14)19-10-13-5-2-3-7-15(13)18/h2-8,11,16,19H,9-10H2,1H3. The van der Waals surface area contributed by atoms with Gasteiger partial charge in [0.25, 0.3) is 0 Å². The Morgan fingerprint density at radius 1 is 1.18 bits per heavy atom. The van der Waals surface area contributed by atoms with E-state index >= 15 is 0 Å². The SMILES string of the molecule is Cc1csc(C(Cc2cccs2)NCc2ccccc2F)n1. The third kappa shape index (κ3) is 3.80. The molecule has 3 rings (SSSR count). The van der Waals surface area contributed by atoms with E-state index in [1.807, 2.05) is 19.1 Å². The van der Waals surface area contributed by atoms with Crippen LogP contribution in [0.5, 0.6) is 0 Å². The molecule has 0 aliphatic heterocycles. The Hall–Kier alpha value is -1.56. The van der Waals surface area contributed by atoms with Gasteiger partial charge in [0.15, 0.2) is 0 Å². The largest absolute Gasteiger partial charge is 0.303 e. The molecule has 2 aromatic heterocycles. The molecule has 5 heteroatoms. The number of rotatable bonds is 6. The minimum Gasteiger partial charge on any atom is -0.303 e. The van der Waals surface area contributed by atoms with E-state index in [4.69, 9.17) is 0 Å². The number of hydrogen-bond acceptors (Lipinski definition) is 4. The summed E-state index contributed by atoms with van der Waals surface area (Å²) in [6.45, 7) is 2.50. The van der Waals surface area contributed by atoms with Gasteiger partial charge in [0.1, 0.15) is 10.8 Å². The van der Waals surface area contributed by atoms with Crippen molar-refractivity contribution in [3.63, 3.8) is 0 Å². The minimum absolute atomic E-state index is 0.108. The summed E-state index contributed by atoms with van der Waals surface area (Å²) in [5.74, 6) is -0.166. The van der Waals surface area contributed by atoms with Gasteiger partial charge in [-0.3, -0.25) is 0 Å². The Kier molecular flexibility index (Phi) is 4.97. The predicted octanol–water partition coefficient (Wildman–Crippen LogP) is 4.73. The summed E-state index contributed by atoms with van der Waals surface area (Å²) in [7, 11) is 0. The maximum atomic E-state index is 13.8. The van der Waals surface area contributed by atoms with E-state index in [0.717, 1.165) is 17.1 Å². The maximum Gasteiger partial charge on any atom is 0.127 e. The molecule has 0 spiro atoms. The van der Waals surface area contributed by atoms with Crippen LogP contribution >= 0.6 is 22.7 Å². The van der Waals surface area contributed by atoms with Crippen molar-refractivity contribution in [2.75, 3.05) is 0 Å². The molecule has 1 N–H and O–H groups in total. The monoisotopic (exact) mass is 332 g/mol. The highest BCUT2D eigenvalue weighted by atomic mass is 32.1. The van der Waals surface area contributed by atoms with Crippen LogP contribution in [0, 0.1) is 12.7 Å². The van der Waals surface area contributed by atoms with Crippen LogP contribution in [0.2, 0.25) is 0 Å². The van der Waals surface area contributed by atoms with Crippen molar-refractivity contribution in [2.24, 2.45) is 0 Å². The summed E-state index contributed by atoms with van der Waals surface area (Å²) in [4.78, 5) is 5.90. The zero-order valence-electron chi connectivity index (χ0n) is 12.3. The third-order valence-electron chi connectivity index (χ3n) is 3.42. The second-order valence-corrected chi connectivity index (χ2v) is 7.06. The lowest BCUT2D eigenvalue weighted by atomic mass is 10.1. The van der Waals surface area contributed by atoms with Crippen molar-refractivity contribution < 1.29 is 4.39 Å². The number of benzene rings is 1. The Morgan fingerprint density at radius 2 is 2.05 bits per heavy atom. The van der Waals surface area contributed by atoms with Gasteiger partial charge in [0.05, 0.1) is 6.04 Å². The van der Waals surface area contributed by atoms with Gasteiger partial charge in [0.2, 0.25) is 0 Å². The molecule has 0 saturated carbocycles. The number of aryl methyl sites for hydroxylation is 1. The Labute approximate surface area is 137 Å². The van der Waals surface area contributed by atoms with Gasteiger partial charge < -0.3 is 5.32 Å². The van der Waals surface area contributed by atoms with E-state index in [9.17, 15) is 4.39 Å². The van der Waals surface area contributed by atoms with Crippen molar-refractivity contribution in [2.45, 2.75) is 25.9 Å². The Morgan fingerprint density at radius 3 is 2.73 bits per heavy atom. The van der Waals surface area contributed by atoms with Crippen molar-refractivity contribution in [1.29, 1.82) is 0 Å². The normalized spacial score (nSPS) is 12.5. The Bertz CT molecular complexity index is 722.